The van der Waals surface area contributed by atoms with E-state index in [0.717, 1.165) is 25.0 Å². The van der Waals surface area contributed by atoms with Gasteiger partial charge in [-0.15, -0.1) is 0 Å². The Hall–Kier alpha value is -2.16. The van der Waals surface area contributed by atoms with Crippen molar-refractivity contribution in [3.63, 3.8) is 0 Å². The van der Waals surface area contributed by atoms with E-state index >= 15 is 0 Å². The lowest BCUT2D eigenvalue weighted by atomic mass is 9.76. The molecule has 0 aliphatic heterocycles. The van der Waals surface area contributed by atoms with E-state index in [0.29, 0.717) is 12.8 Å². The molecule has 0 saturated heterocycles. The summed E-state index contributed by atoms with van der Waals surface area (Å²) in [5, 5.41) is 22.0. The Morgan fingerprint density at radius 2 is 1.81 bits per heavy atom. The number of nitrogens with one attached hydrogen (secondary N) is 1. The van der Waals surface area contributed by atoms with E-state index < -0.39 is 38.2 Å². The number of carbonyl (C=O) groups excluding carboxylic acids is 1. The van der Waals surface area contributed by atoms with Gasteiger partial charge in [-0.3, -0.25) is 4.79 Å². The Bertz CT molecular complexity index is 1130. The van der Waals surface area contributed by atoms with Crippen LogP contribution in [0.1, 0.15) is 43.0 Å². The second-order valence-electron chi connectivity index (χ2n) is 8.60. The Balaban J connectivity index is 1.60. The molecule has 0 radical (unpaired) electrons. The van der Waals surface area contributed by atoms with E-state index in [1.54, 1.807) is 6.92 Å². The number of fused-ring (bicyclic) bond motifs is 2. The molecule has 1 amide bonds. The molecule has 2 saturated carbocycles. The van der Waals surface area contributed by atoms with Crippen molar-refractivity contribution in [2.75, 3.05) is 5.32 Å². The number of hydrogen-bond donors (Lipinski definition) is 3. The smallest absolute Gasteiger partial charge is 0.255 e. The second kappa shape index (κ2) is 7.76. The van der Waals surface area contributed by atoms with E-state index in [9.17, 15) is 27.8 Å². The lowest BCUT2D eigenvalue weighted by Crippen LogP contribution is -2.45. The third-order valence-corrected chi connectivity index (χ3v) is 9.41. The van der Waals surface area contributed by atoms with Crippen LogP contribution in [0.2, 0.25) is 5.02 Å². The fourth-order valence-corrected chi connectivity index (χ4v) is 7.25. The van der Waals surface area contributed by atoms with Crippen LogP contribution in [0.4, 0.5) is 10.1 Å². The zero-order chi connectivity index (χ0) is 22.6. The van der Waals surface area contributed by atoms with Crippen molar-refractivity contribution < 1.29 is 27.8 Å². The quantitative estimate of drug-likeness (QED) is 0.626. The van der Waals surface area contributed by atoms with E-state index in [2.05, 4.69) is 5.32 Å². The molecule has 0 spiro atoms. The minimum absolute atomic E-state index is 0.0284. The summed E-state index contributed by atoms with van der Waals surface area (Å²) in [4.78, 5) is 12.5. The summed E-state index contributed by atoms with van der Waals surface area (Å²) in [6.07, 6.45) is 2.30. The summed E-state index contributed by atoms with van der Waals surface area (Å²) in [7, 11) is -3.82. The number of sulfone groups is 1. The zero-order valence-electron chi connectivity index (χ0n) is 16.8. The van der Waals surface area contributed by atoms with Gasteiger partial charge in [0.05, 0.1) is 20.8 Å². The fourth-order valence-electron chi connectivity index (χ4n) is 4.85. The first-order valence-corrected chi connectivity index (χ1v) is 12.0. The number of aromatic hydroxyl groups is 1. The number of phenols is 1. The van der Waals surface area contributed by atoms with Crippen molar-refractivity contribution in [2.24, 2.45) is 11.8 Å². The second-order valence-corrected chi connectivity index (χ2v) is 11.2. The average molecular weight is 468 g/mol. The number of benzene rings is 2. The molecule has 31 heavy (non-hydrogen) atoms. The molecule has 2 aromatic carbocycles. The average Bonchev–Trinajstić information content (AvgIpc) is 2.87. The lowest BCUT2D eigenvalue weighted by Gasteiger charge is -2.40. The number of carbonyl (C=O) groups is 1. The highest BCUT2D eigenvalue weighted by Crippen LogP contribution is 2.51. The van der Waals surface area contributed by atoms with Crippen LogP contribution < -0.4 is 5.32 Å². The van der Waals surface area contributed by atoms with Gasteiger partial charge in [-0.2, -0.15) is 0 Å². The normalized spacial score (nSPS) is 27.8. The first-order chi connectivity index (χ1) is 14.5. The summed E-state index contributed by atoms with van der Waals surface area (Å²) < 4.78 is 40.0. The van der Waals surface area contributed by atoms with E-state index in [-0.39, 0.29) is 33.0 Å². The Kier molecular flexibility index (Phi) is 5.52. The molecular formula is C22H23ClFNO5S. The van der Waals surface area contributed by atoms with E-state index in [1.165, 1.54) is 24.3 Å². The number of rotatable bonds is 4. The maximum absolute atomic E-state index is 13.4. The van der Waals surface area contributed by atoms with Gasteiger partial charge in [0.2, 0.25) is 0 Å². The van der Waals surface area contributed by atoms with E-state index in [4.69, 9.17) is 11.6 Å². The molecule has 2 aliphatic rings. The summed E-state index contributed by atoms with van der Waals surface area (Å²) in [5.74, 6) is -2.21. The number of halogens is 2. The Labute approximate surface area is 185 Å². The third kappa shape index (κ3) is 3.92. The van der Waals surface area contributed by atoms with Crippen LogP contribution >= 0.6 is 11.6 Å². The Morgan fingerprint density at radius 3 is 2.42 bits per heavy atom. The van der Waals surface area contributed by atoms with Crippen LogP contribution in [-0.2, 0) is 9.84 Å². The highest BCUT2D eigenvalue weighted by atomic mass is 35.5. The number of anilines is 1. The van der Waals surface area contributed by atoms with Gasteiger partial charge < -0.3 is 15.5 Å². The van der Waals surface area contributed by atoms with E-state index in [1.807, 2.05) is 0 Å². The molecule has 6 nitrogen and oxygen atoms in total. The molecule has 166 valence electrons. The monoisotopic (exact) mass is 467 g/mol. The molecule has 4 rings (SSSR count). The van der Waals surface area contributed by atoms with Gasteiger partial charge in [0.15, 0.2) is 21.4 Å². The predicted octanol–water partition coefficient (Wildman–Crippen LogP) is 4.15. The topological polar surface area (TPSA) is 104 Å². The maximum atomic E-state index is 13.4. The first kappa shape index (κ1) is 22.0. The lowest BCUT2D eigenvalue weighted by molar-refractivity contribution is -0.0413. The summed E-state index contributed by atoms with van der Waals surface area (Å²) >= 11 is 6.21. The molecule has 2 aromatic rings. The van der Waals surface area contributed by atoms with Gasteiger partial charge in [0.25, 0.3) is 5.91 Å². The maximum Gasteiger partial charge on any atom is 0.255 e. The van der Waals surface area contributed by atoms with Crippen molar-refractivity contribution in [1.29, 1.82) is 0 Å². The fraction of sp³-hybridized carbons (Fsp3) is 0.409. The number of hydrogen-bond acceptors (Lipinski definition) is 5. The van der Waals surface area contributed by atoms with Crippen molar-refractivity contribution in [3.05, 3.63) is 52.8 Å². The van der Waals surface area contributed by atoms with Crippen molar-refractivity contribution in [2.45, 2.75) is 48.4 Å². The highest BCUT2D eigenvalue weighted by Gasteiger charge is 2.53. The minimum atomic E-state index is -3.82. The van der Waals surface area contributed by atoms with Crippen molar-refractivity contribution >= 4 is 33.0 Å². The van der Waals surface area contributed by atoms with Gasteiger partial charge >= 0.3 is 0 Å². The van der Waals surface area contributed by atoms with Gasteiger partial charge in [0, 0.05) is 17.3 Å². The van der Waals surface area contributed by atoms with Gasteiger partial charge in [-0.1, -0.05) is 11.6 Å². The summed E-state index contributed by atoms with van der Waals surface area (Å²) in [5.41, 5.74) is -0.620. The van der Waals surface area contributed by atoms with Crippen LogP contribution in [0.3, 0.4) is 0 Å². The minimum Gasteiger partial charge on any atom is -0.505 e. The standard InChI is InChI=1S/C22H23ClFNO5S/c1-22(28)13-3-4-14(22)10-16(9-13)31(29,30)20-8-12(2-6-17(20)23)21(27)25-15-5-7-18(24)19(26)11-15/h2,5-8,11,13-14,16,26,28H,3-4,9-10H2,1H3,(H,25,27)/t13-,14?,16?,22?/m0/s1. The van der Waals surface area contributed by atoms with Gasteiger partial charge in [0.1, 0.15) is 0 Å². The molecule has 0 aromatic heterocycles. The molecule has 3 N–H and O–H groups in total. The number of aliphatic hydroxyl groups is 1. The summed E-state index contributed by atoms with van der Waals surface area (Å²) in [6.45, 7) is 1.78. The third-order valence-electron chi connectivity index (χ3n) is 6.75. The largest absolute Gasteiger partial charge is 0.505 e. The van der Waals surface area contributed by atoms with Crippen LogP contribution in [-0.4, -0.2) is 35.4 Å². The zero-order valence-corrected chi connectivity index (χ0v) is 18.4. The van der Waals surface area contributed by atoms with Gasteiger partial charge in [-0.05, 0) is 74.8 Å². The van der Waals surface area contributed by atoms with Crippen LogP contribution in [0, 0.1) is 17.7 Å². The molecule has 2 fully saturated rings. The number of amides is 1. The Morgan fingerprint density at radius 1 is 1.16 bits per heavy atom. The highest BCUT2D eigenvalue weighted by molar-refractivity contribution is 7.92. The number of phenolic OH excluding ortho intramolecular Hbond substituents is 1. The molecule has 2 aliphatic carbocycles. The predicted molar refractivity (Wildman–Crippen MR) is 115 cm³/mol. The molecule has 9 heteroatoms. The SMILES string of the molecule is CC1(O)C2CC[C@H]1CC(S(=O)(=O)c1cc(C(=O)Nc3ccc(F)c(O)c3)ccc1Cl)C2. The van der Waals surface area contributed by atoms with Crippen LogP contribution in [0.25, 0.3) is 0 Å². The summed E-state index contributed by atoms with van der Waals surface area (Å²) in [6, 6.07) is 7.35. The van der Waals surface area contributed by atoms with Crippen molar-refractivity contribution in [3.8, 4) is 5.75 Å². The van der Waals surface area contributed by atoms with Gasteiger partial charge in [-0.25, -0.2) is 12.8 Å². The molecular weight excluding hydrogens is 445 g/mol. The molecule has 2 bridgehead atoms. The first-order valence-electron chi connectivity index (χ1n) is 10.1. The molecule has 0 heterocycles. The molecule has 4 atom stereocenters. The molecule has 3 unspecified atom stereocenters. The van der Waals surface area contributed by atoms with Crippen LogP contribution in [0.15, 0.2) is 41.3 Å². The van der Waals surface area contributed by atoms with Crippen molar-refractivity contribution in [1.82, 2.24) is 0 Å². The van der Waals surface area contributed by atoms with Crippen LogP contribution in [0.5, 0.6) is 5.75 Å².